The number of carbonyl (C=O) groups is 1. The molecule has 1 aliphatic rings. The van der Waals surface area contributed by atoms with Crippen molar-refractivity contribution >= 4 is 5.91 Å². The lowest BCUT2D eigenvalue weighted by Gasteiger charge is -2.13. The number of nitrogens with one attached hydrogen (secondary N) is 1. The maximum Gasteiger partial charge on any atom is 0.267 e. The lowest BCUT2D eigenvalue weighted by atomic mass is 10.0. The van der Waals surface area contributed by atoms with Crippen molar-refractivity contribution in [2.24, 2.45) is 11.7 Å². The Balaban J connectivity index is 1.55. The van der Waals surface area contributed by atoms with Crippen molar-refractivity contribution in [1.82, 2.24) is 10.3 Å². The van der Waals surface area contributed by atoms with E-state index in [4.69, 9.17) is 15.2 Å². The predicted molar refractivity (Wildman–Crippen MR) is 104 cm³/mol. The summed E-state index contributed by atoms with van der Waals surface area (Å²) in [6, 6.07) is 9.07. The third kappa shape index (κ3) is 5.44. The van der Waals surface area contributed by atoms with Crippen LogP contribution in [0.25, 0.3) is 0 Å². The van der Waals surface area contributed by atoms with E-state index in [-0.39, 0.29) is 5.69 Å². The normalized spacial score (nSPS) is 14.3. The number of nitrogens with two attached hydrogens (primary N) is 1. The number of hydrogen-bond donors (Lipinski definition) is 2. The molecule has 6 heteroatoms. The lowest BCUT2D eigenvalue weighted by molar-refractivity contribution is 0.0995. The maximum absolute atomic E-state index is 11.1. The quantitative estimate of drug-likeness (QED) is 0.659. The Bertz CT molecular complexity index is 756. The molecule has 27 heavy (non-hydrogen) atoms. The molecular weight excluding hydrogens is 342 g/mol. The number of carbonyl (C=O) groups excluding carboxylic acids is 1. The second kappa shape index (κ2) is 9.37. The van der Waals surface area contributed by atoms with E-state index in [0.717, 1.165) is 24.6 Å². The minimum Gasteiger partial charge on any atom is -0.493 e. The van der Waals surface area contributed by atoms with E-state index in [0.29, 0.717) is 17.2 Å². The van der Waals surface area contributed by atoms with Crippen LogP contribution < -0.4 is 20.5 Å². The van der Waals surface area contributed by atoms with Gasteiger partial charge in [-0.05, 0) is 48.7 Å². The van der Waals surface area contributed by atoms with Crippen molar-refractivity contribution in [2.45, 2.75) is 38.6 Å². The van der Waals surface area contributed by atoms with Gasteiger partial charge in [-0.1, -0.05) is 31.7 Å². The van der Waals surface area contributed by atoms with E-state index in [1.165, 1.54) is 44.4 Å². The zero-order chi connectivity index (χ0) is 19.1. The van der Waals surface area contributed by atoms with E-state index < -0.39 is 5.91 Å². The van der Waals surface area contributed by atoms with Gasteiger partial charge in [-0.3, -0.25) is 4.79 Å². The number of nitrogens with zero attached hydrogens (tertiary/aromatic N) is 1. The highest BCUT2D eigenvalue weighted by atomic mass is 16.5. The highest BCUT2D eigenvalue weighted by Crippen LogP contribution is 2.32. The molecule has 2 aromatic rings. The number of ether oxygens (including phenoxy) is 2. The molecule has 1 heterocycles. The van der Waals surface area contributed by atoms with Crippen molar-refractivity contribution in [3.05, 3.63) is 47.8 Å². The number of amides is 1. The zero-order valence-corrected chi connectivity index (χ0v) is 15.7. The number of primary amides is 1. The first-order valence-corrected chi connectivity index (χ1v) is 9.47. The van der Waals surface area contributed by atoms with Gasteiger partial charge in [-0.25, -0.2) is 4.98 Å². The van der Waals surface area contributed by atoms with Crippen molar-refractivity contribution < 1.29 is 14.3 Å². The van der Waals surface area contributed by atoms with Gasteiger partial charge >= 0.3 is 0 Å². The van der Waals surface area contributed by atoms with Gasteiger partial charge in [0.15, 0.2) is 11.5 Å². The Hall–Kier alpha value is -2.60. The van der Waals surface area contributed by atoms with Gasteiger partial charge in [0.1, 0.15) is 11.4 Å². The van der Waals surface area contributed by atoms with Crippen LogP contribution in [-0.4, -0.2) is 24.5 Å². The molecule has 6 nitrogen and oxygen atoms in total. The van der Waals surface area contributed by atoms with Crippen LogP contribution in [0.2, 0.25) is 0 Å². The van der Waals surface area contributed by atoms with Gasteiger partial charge in [-0.15, -0.1) is 0 Å². The molecule has 0 unspecified atom stereocenters. The van der Waals surface area contributed by atoms with Crippen LogP contribution in [0, 0.1) is 5.92 Å². The maximum atomic E-state index is 11.1. The molecule has 1 fully saturated rings. The Morgan fingerprint density at radius 1 is 1.22 bits per heavy atom. The zero-order valence-electron chi connectivity index (χ0n) is 15.7. The van der Waals surface area contributed by atoms with Crippen molar-refractivity contribution in [2.75, 3.05) is 13.7 Å². The molecule has 1 amide bonds. The summed E-state index contributed by atoms with van der Waals surface area (Å²) >= 11 is 0. The second-order valence-electron chi connectivity index (χ2n) is 6.95. The average molecular weight is 369 g/mol. The standard InChI is InChI=1S/C21H27N3O3/c1-26-20-12-16(13-23-11-10-15-4-2-3-5-15)6-9-19(20)27-17-7-8-18(21(22)25)24-14-17/h6-9,12,14-15,23H,2-5,10-11,13H2,1H3,(H2,22,25). The molecule has 3 N–H and O–H groups in total. The second-order valence-corrected chi connectivity index (χ2v) is 6.95. The smallest absolute Gasteiger partial charge is 0.267 e. The van der Waals surface area contributed by atoms with Crippen molar-refractivity contribution in [3.8, 4) is 17.2 Å². The summed E-state index contributed by atoms with van der Waals surface area (Å²) < 4.78 is 11.3. The Kier molecular flexibility index (Phi) is 6.65. The van der Waals surface area contributed by atoms with Gasteiger partial charge in [-0.2, -0.15) is 0 Å². The molecule has 1 aromatic heterocycles. The number of hydrogen-bond acceptors (Lipinski definition) is 5. The van der Waals surface area contributed by atoms with E-state index >= 15 is 0 Å². The van der Waals surface area contributed by atoms with Crippen molar-refractivity contribution in [1.29, 1.82) is 0 Å². The van der Waals surface area contributed by atoms with Crippen LogP contribution in [0.5, 0.6) is 17.2 Å². The topological polar surface area (TPSA) is 86.5 Å². The Morgan fingerprint density at radius 2 is 2.04 bits per heavy atom. The number of rotatable bonds is 9. The first-order chi connectivity index (χ1) is 13.2. The third-order valence-electron chi connectivity index (χ3n) is 4.98. The van der Waals surface area contributed by atoms with Crippen LogP contribution in [0.15, 0.2) is 36.5 Å². The number of aromatic nitrogens is 1. The van der Waals surface area contributed by atoms with Crippen LogP contribution >= 0.6 is 0 Å². The van der Waals surface area contributed by atoms with E-state index in [9.17, 15) is 4.79 Å². The summed E-state index contributed by atoms with van der Waals surface area (Å²) in [5.74, 6) is 2.10. The molecule has 1 aliphatic carbocycles. The molecule has 0 aliphatic heterocycles. The molecule has 3 rings (SSSR count). The first-order valence-electron chi connectivity index (χ1n) is 9.47. The third-order valence-corrected chi connectivity index (χ3v) is 4.98. The minimum atomic E-state index is -0.566. The van der Waals surface area contributed by atoms with Gasteiger partial charge in [0.05, 0.1) is 13.3 Å². The Morgan fingerprint density at radius 3 is 2.70 bits per heavy atom. The number of methoxy groups -OCH3 is 1. The number of benzene rings is 1. The predicted octanol–water partition coefficient (Wildman–Crippen LogP) is 3.65. The molecule has 1 aromatic carbocycles. The fraction of sp³-hybridized carbons (Fsp3) is 0.429. The van der Waals surface area contributed by atoms with Gasteiger partial charge in [0, 0.05) is 6.54 Å². The summed E-state index contributed by atoms with van der Waals surface area (Å²) in [5, 5.41) is 3.52. The SMILES string of the molecule is COc1cc(CNCCC2CCCC2)ccc1Oc1ccc(C(N)=O)nc1. The highest BCUT2D eigenvalue weighted by Gasteiger charge is 2.14. The summed E-state index contributed by atoms with van der Waals surface area (Å²) in [4.78, 5) is 15.1. The van der Waals surface area contributed by atoms with Crippen LogP contribution in [-0.2, 0) is 6.54 Å². The first kappa shape index (κ1) is 19.2. The summed E-state index contributed by atoms with van der Waals surface area (Å²) in [6.07, 6.45) is 8.28. The lowest BCUT2D eigenvalue weighted by Crippen LogP contribution is -2.17. The van der Waals surface area contributed by atoms with Gasteiger partial charge in [0.25, 0.3) is 5.91 Å². The van der Waals surface area contributed by atoms with Gasteiger partial charge < -0.3 is 20.5 Å². The highest BCUT2D eigenvalue weighted by molar-refractivity contribution is 5.90. The minimum absolute atomic E-state index is 0.202. The van der Waals surface area contributed by atoms with E-state index in [1.54, 1.807) is 13.2 Å². The number of pyridine rings is 1. The van der Waals surface area contributed by atoms with Crippen LogP contribution in [0.4, 0.5) is 0 Å². The molecule has 0 atom stereocenters. The van der Waals surface area contributed by atoms with Crippen molar-refractivity contribution in [3.63, 3.8) is 0 Å². The van der Waals surface area contributed by atoms with Crippen LogP contribution in [0.1, 0.15) is 48.2 Å². The fourth-order valence-corrected chi connectivity index (χ4v) is 3.46. The van der Waals surface area contributed by atoms with E-state index in [2.05, 4.69) is 10.3 Å². The van der Waals surface area contributed by atoms with E-state index in [1.807, 2.05) is 18.2 Å². The molecule has 144 valence electrons. The molecule has 0 saturated heterocycles. The molecule has 0 bridgehead atoms. The average Bonchev–Trinajstić information content (AvgIpc) is 3.20. The summed E-state index contributed by atoms with van der Waals surface area (Å²) in [6.45, 7) is 1.85. The molecule has 0 spiro atoms. The Labute approximate surface area is 160 Å². The molecule has 1 saturated carbocycles. The molecular formula is C21H27N3O3. The summed E-state index contributed by atoms with van der Waals surface area (Å²) in [5.41, 5.74) is 6.54. The summed E-state index contributed by atoms with van der Waals surface area (Å²) in [7, 11) is 1.62. The fourth-order valence-electron chi connectivity index (χ4n) is 3.46. The largest absolute Gasteiger partial charge is 0.493 e. The van der Waals surface area contributed by atoms with Crippen LogP contribution in [0.3, 0.4) is 0 Å². The molecule has 0 radical (unpaired) electrons. The monoisotopic (exact) mass is 369 g/mol. The van der Waals surface area contributed by atoms with Gasteiger partial charge in [0.2, 0.25) is 0 Å².